The second kappa shape index (κ2) is 11.8. The van der Waals surface area contributed by atoms with E-state index in [2.05, 4.69) is 0 Å². The van der Waals surface area contributed by atoms with Crippen molar-refractivity contribution in [3.05, 3.63) is 90.5 Å². The first-order valence-electron chi connectivity index (χ1n) is 11.6. The summed E-state index contributed by atoms with van der Waals surface area (Å²) in [6, 6.07) is 25.1. The third-order valence-electron chi connectivity index (χ3n) is 5.72. The highest BCUT2D eigenvalue weighted by atomic mass is 32.2. The smallest absolute Gasteiger partial charge is 0.307 e. The molecule has 0 fully saturated rings. The number of carboxylic acid groups (broad SMARTS) is 1. The largest absolute Gasteiger partial charge is 0.755 e. The van der Waals surface area contributed by atoms with Crippen LogP contribution in [0.5, 0.6) is 11.5 Å². The van der Waals surface area contributed by atoms with Gasteiger partial charge in [-0.1, -0.05) is 42.5 Å². The lowest BCUT2D eigenvalue weighted by molar-refractivity contribution is -0.136. The van der Waals surface area contributed by atoms with E-state index < -0.39 is 17.2 Å². The van der Waals surface area contributed by atoms with Crippen molar-refractivity contribution in [3.63, 3.8) is 0 Å². The Morgan fingerprint density at radius 1 is 0.838 bits per heavy atom. The van der Waals surface area contributed by atoms with Crippen LogP contribution in [0.3, 0.4) is 0 Å². The van der Waals surface area contributed by atoms with E-state index >= 15 is 0 Å². The SMILES string of the molecule is CN(C)c1cccc2c(N(c3ccc(OCCOc4ccccc4CC(=O)O)cc3)S(=O)[O-])cccc12. The van der Waals surface area contributed by atoms with Gasteiger partial charge in [0.25, 0.3) is 0 Å². The van der Waals surface area contributed by atoms with Crippen molar-refractivity contribution < 1.29 is 28.1 Å². The number of aliphatic carboxylic acids is 1. The molecule has 1 atom stereocenters. The van der Waals surface area contributed by atoms with Crippen molar-refractivity contribution in [3.8, 4) is 11.5 Å². The van der Waals surface area contributed by atoms with Crippen LogP contribution < -0.4 is 18.7 Å². The number of rotatable bonds is 11. The zero-order chi connectivity index (χ0) is 26.4. The van der Waals surface area contributed by atoms with Crippen LogP contribution in [0.15, 0.2) is 84.9 Å². The summed E-state index contributed by atoms with van der Waals surface area (Å²) in [5.41, 5.74) is 2.61. The molecule has 4 aromatic carbocycles. The lowest BCUT2D eigenvalue weighted by atomic mass is 10.1. The fourth-order valence-corrected chi connectivity index (χ4v) is 4.71. The average molecular weight is 520 g/mol. The maximum absolute atomic E-state index is 12.3. The molecule has 37 heavy (non-hydrogen) atoms. The molecule has 1 unspecified atom stereocenters. The number of carbonyl (C=O) groups is 1. The maximum atomic E-state index is 12.3. The van der Waals surface area contributed by atoms with Crippen LogP contribution in [0.4, 0.5) is 17.1 Å². The van der Waals surface area contributed by atoms with E-state index in [0.717, 1.165) is 16.5 Å². The molecule has 0 aromatic heterocycles. The summed E-state index contributed by atoms with van der Waals surface area (Å²) in [4.78, 5) is 13.0. The van der Waals surface area contributed by atoms with Crippen LogP contribution in [0.2, 0.25) is 0 Å². The lowest BCUT2D eigenvalue weighted by Gasteiger charge is -2.28. The molecule has 0 saturated carbocycles. The van der Waals surface area contributed by atoms with E-state index in [0.29, 0.717) is 28.4 Å². The van der Waals surface area contributed by atoms with Gasteiger partial charge >= 0.3 is 5.97 Å². The molecule has 8 nitrogen and oxygen atoms in total. The summed E-state index contributed by atoms with van der Waals surface area (Å²) in [6.45, 7) is 0.452. The van der Waals surface area contributed by atoms with Crippen LogP contribution in [0.1, 0.15) is 5.56 Å². The van der Waals surface area contributed by atoms with Crippen molar-refractivity contribution in [1.82, 2.24) is 0 Å². The summed E-state index contributed by atoms with van der Waals surface area (Å²) in [7, 11) is 3.90. The van der Waals surface area contributed by atoms with Crippen molar-refractivity contribution >= 4 is 45.1 Å². The van der Waals surface area contributed by atoms with Crippen LogP contribution in [0, 0.1) is 0 Å². The Labute approximate surface area is 218 Å². The van der Waals surface area contributed by atoms with E-state index in [1.54, 1.807) is 54.6 Å². The Hall–Kier alpha value is -4.08. The summed E-state index contributed by atoms with van der Waals surface area (Å²) < 4.78 is 37.3. The fraction of sp³-hybridized carbons (Fsp3) is 0.179. The highest BCUT2D eigenvalue weighted by Gasteiger charge is 2.15. The van der Waals surface area contributed by atoms with E-state index in [4.69, 9.17) is 14.6 Å². The molecule has 4 rings (SSSR count). The molecular weight excluding hydrogens is 492 g/mol. The van der Waals surface area contributed by atoms with Gasteiger partial charge in [-0.2, -0.15) is 0 Å². The number of fused-ring (bicyclic) bond motifs is 1. The van der Waals surface area contributed by atoms with Crippen molar-refractivity contribution in [2.75, 3.05) is 36.5 Å². The number of ether oxygens (including phenoxy) is 2. The molecular formula is C28H27N2O6S-. The van der Waals surface area contributed by atoms with Gasteiger partial charge in [0.15, 0.2) is 0 Å². The first-order valence-corrected chi connectivity index (χ1v) is 12.6. The van der Waals surface area contributed by atoms with E-state index in [9.17, 15) is 13.6 Å². The number of nitrogens with zero attached hydrogens (tertiary/aromatic N) is 2. The lowest BCUT2D eigenvalue weighted by Crippen LogP contribution is -2.20. The maximum Gasteiger partial charge on any atom is 0.307 e. The normalized spacial score (nSPS) is 11.6. The number of hydrogen-bond acceptors (Lipinski definition) is 6. The third kappa shape index (κ3) is 6.19. The molecule has 0 amide bonds. The predicted octanol–water partition coefficient (Wildman–Crippen LogP) is 4.92. The van der Waals surface area contributed by atoms with Crippen LogP contribution in [-0.2, 0) is 22.5 Å². The molecule has 0 bridgehead atoms. The van der Waals surface area contributed by atoms with Gasteiger partial charge in [-0.25, -0.2) is 0 Å². The zero-order valence-electron chi connectivity index (χ0n) is 20.5. The quantitative estimate of drug-likeness (QED) is 0.222. The Morgan fingerprint density at radius 2 is 1.46 bits per heavy atom. The second-order valence-corrected chi connectivity index (χ2v) is 9.22. The minimum atomic E-state index is -2.55. The molecule has 4 aromatic rings. The second-order valence-electron chi connectivity index (χ2n) is 8.42. The number of hydrogen-bond donors (Lipinski definition) is 1. The average Bonchev–Trinajstić information content (AvgIpc) is 2.87. The minimum absolute atomic E-state index is 0.122. The topological polar surface area (TPSA) is 102 Å². The molecule has 0 aliphatic rings. The van der Waals surface area contributed by atoms with Crippen LogP contribution in [-0.4, -0.2) is 47.1 Å². The summed E-state index contributed by atoms with van der Waals surface area (Å²) in [5.74, 6) is 0.127. The van der Waals surface area contributed by atoms with Crippen molar-refractivity contribution in [1.29, 1.82) is 0 Å². The third-order valence-corrected chi connectivity index (χ3v) is 6.43. The molecule has 0 aliphatic carbocycles. The number of carboxylic acids is 1. The first kappa shape index (κ1) is 26.0. The van der Waals surface area contributed by atoms with Gasteiger partial charge in [0.2, 0.25) is 0 Å². The molecule has 1 N–H and O–H groups in total. The number of benzene rings is 4. The molecule has 0 radical (unpaired) electrons. The Morgan fingerprint density at radius 3 is 2.11 bits per heavy atom. The van der Waals surface area contributed by atoms with E-state index in [-0.39, 0.29) is 19.6 Å². The zero-order valence-corrected chi connectivity index (χ0v) is 21.3. The Balaban J connectivity index is 1.47. The van der Waals surface area contributed by atoms with Gasteiger partial charge in [-0.3, -0.25) is 13.3 Å². The summed E-state index contributed by atoms with van der Waals surface area (Å²) in [6.07, 6.45) is -0.122. The van der Waals surface area contributed by atoms with Gasteiger partial charge in [-0.05, 0) is 42.5 Å². The van der Waals surface area contributed by atoms with Gasteiger partial charge in [0, 0.05) is 36.1 Å². The number of para-hydroxylation sites is 1. The van der Waals surface area contributed by atoms with Gasteiger partial charge in [0.1, 0.15) is 24.7 Å². The monoisotopic (exact) mass is 519 g/mol. The van der Waals surface area contributed by atoms with Gasteiger partial charge < -0.3 is 24.0 Å². The Kier molecular flexibility index (Phi) is 8.27. The van der Waals surface area contributed by atoms with E-state index in [1.165, 1.54) is 4.31 Å². The summed E-state index contributed by atoms with van der Waals surface area (Å²) in [5, 5.41) is 10.8. The molecule has 9 heteroatoms. The minimum Gasteiger partial charge on any atom is -0.755 e. The molecule has 0 saturated heterocycles. The molecule has 0 heterocycles. The highest BCUT2D eigenvalue weighted by molar-refractivity contribution is 7.81. The van der Waals surface area contributed by atoms with Crippen LogP contribution in [0.25, 0.3) is 10.8 Å². The fourth-order valence-electron chi connectivity index (χ4n) is 4.09. The van der Waals surface area contributed by atoms with Crippen LogP contribution >= 0.6 is 0 Å². The van der Waals surface area contributed by atoms with Crippen molar-refractivity contribution in [2.45, 2.75) is 6.42 Å². The highest BCUT2D eigenvalue weighted by Crippen LogP contribution is 2.37. The molecule has 192 valence electrons. The van der Waals surface area contributed by atoms with E-state index in [1.807, 2.05) is 49.3 Å². The van der Waals surface area contributed by atoms with Crippen molar-refractivity contribution in [2.24, 2.45) is 0 Å². The number of anilines is 3. The standard InChI is InChI=1S/C28H28N2O6S/c1-29(2)25-10-5-9-24-23(25)8-6-11-26(24)30(37(33)34)21-13-15-22(16-14-21)35-17-18-36-27-12-4-3-7-20(27)19-28(31)32/h3-16H,17-19H2,1-2H3,(H,31,32)(H,33,34)/p-1. The Bertz CT molecular complexity index is 1410. The van der Waals surface area contributed by atoms with Gasteiger partial charge in [-0.15, -0.1) is 0 Å². The summed E-state index contributed by atoms with van der Waals surface area (Å²) >= 11 is -2.55. The van der Waals surface area contributed by atoms with Gasteiger partial charge in [0.05, 0.1) is 29.1 Å². The predicted molar refractivity (Wildman–Crippen MR) is 145 cm³/mol. The molecule has 0 spiro atoms. The molecule has 0 aliphatic heterocycles. The first-order chi connectivity index (χ1) is 17.8.